The van der Waals surface area contributed by atoms with Gasteiger partial charge in [0, 0.05) is 0 Å². The summed E-state index contributed by atoms with van der Waals surface area (Å²) in [5.41, 5.74) is 6.01. The second-order valence-corrected chi connectivity index (χ2v) is 5.07. The van der Waals surface area contributed by atoms with Crippen LogP contribution < -0.4 is 0 Å². The minimum Gasteiger partial charge on any atom is -0.0613 e. The van der Waals surface area contributed by atoms with E-state index in [0.29, 0.717) is 11.8 Å². The largest absolute Gasteiger partial charge is 0.0613 e. The van der Waals surface area contributed by atoms with Crippen molar-refractivity contribution in [3.63, 3.8) is 0 Å². The van der Waals surface area contributed by atoms with E-state index < -0.39 is 0 Å². The van der Waals surface area contributed by atoms with Gasteiger partial charge in [-0.15, -0.1) is 0 Å². The van der Waals surface area contributed by atoms with E-state index in [1.54, 1.807) is 0 Å². The molecule has 1 aromatic rings. The molecule has 0 N–H and O–H groups in total. The van der Waals surface area contributed by atoms with Crippen molar-refractivity contribution in [2.24, 2.45) is 0 Å². The number of aryl methyl sites for hydroxylation is 2. The lowest BCUT2D eigenvalue weighted by atomic mass is 9.87. The van der Waals surface area contributed by atoms with E-state index in [0.717, 1.165) is 6.42 Å². The lowest BCUT2D eigenvalue weighted by Gasteiger charge is -2.18. The molecule has 0 amide bonds. The van der Waals surface area contributed by atoms with Crippen molar-refractivity contribution in [3.05, 3.63) is 34.4 Å². The molecular formula is C15H24. The molecule has 0 aliphatic rings. The molecular weight excluding hydrogens is 180 g/mol. The van der Waals surface area contributed by atoms with Gasteiger partial charge in [-0.3, -0.25) is 0 Å². The van der Waals surface area contributed by atoms with Gasteiger partial charge in [-0.25, -0.2) is 0 Å². The summed E-state index contributed by atoms with van der Waals surface area (Å²) in [6, 6.07) is 4.80. The first kappa shape index (κ1) is 12.3. The molecule has 0 heterocycles. The molecule has 15 heavy (non-hydrogen) atoms. The summed E-state index contributed by atoms with van der Waals surface area (Å²) >= 11 is 0. The van der Waals surface area contributed by atoms with E-state index in [9.17, 15) is 0 Å². The smallest absolute Gasteiger partial charge is 0.0216 e. The number of benzene rings is 1. The standard InChI is InChI=1S/C15H24/c1-7-13-8-12(6)14(10(2)3)9-15(13)11(4)5/h8-11H,7H2,1-6H3. The maximum atomic E-state index is 2.42. The van der Waals surface area contributed by atoms with Crippen LogP contribution in [0.25, 0.3) is 0 Å². The minimum atomic E-state index is 0.633. The van der Waals surface area contributed by atoms with Crippen molar-refractivity contribution >= 4 is 0 Å². The predicted octanol–water partition coefficient (Wildman–Crippen LogP) is 4.80. The molecule has 0 spiro atoms. The number of hydrogen-bond donors (Lipinski definition) is 0. The number of rotatable bonds is 3. The molecule has 0 saturated carbocycles. The molecule has 0 aromatic heterocycles. The zero-order chi connectivity index (χ0) is 11.6. The molecule has 1 aromatic carbocycles. The highest BCUT2D eigenvalue weighted by atomic mass is 14.2. The molecule has 1 rings (SSSR count). The van der Waals surface area contributed by atoms with Crippen molar-refractivity contribution < 1.29 is 0 Å². The van der Waals surface area contributed by atoms with Gasteiger partial charge in [0.25, 0.3) is 0 Å². The average molecular weight is 204 g/mol. The van der Waals surface area contributed by atoms with Crippen molar-refractivity contribution in [3.8, 4) is 0 Å². The van der Waals surface area contributed by atoms with Crippen LogP contribution in [0.4, 0.5) is 0 Å². The van der Waals surface area contributed by atoms with E-state index in [2.05, 4.69) is 53.7 Å². The van der Waals surface area contributed by atoms with Crippen LogP contribution in [0.15, 0.2) is 12.1 Å². The molecule has 0 nitrogen and oxygen atoms in total. The van der Waals surface area contributed by atoms with Gasteiger partial charge in [-0.05, 0) is 47.4 Å². The van der Waals surface area contributed by atoms with Crippen molar-refractivity contribution in [1.82, 2.24) is 0 Å². The van der Waals surface area contributed by atoms with E-state index in [4.69, 9.17) is 0 Å². The Morgan fingerprint density at radius 2 is 1.47 bits per heavy atom. The van der Waals surface area contributed by atoms with Crippen LogP contribution in [0, 0.1) is 6.92 Å². The van der Waals surface area contributed by atoms with E-state index in [1.807, 2.05) is 0 Å². The van der Waals surface area contributed by atoms with E-state index in [-0.39, 0.29) is 0 Å². The Labute approximate surface area is 94.7 Å². The highest BCUT2D eigenvalue weighted by Gasteiger charge is 2.11. The quantitative estimate of drug-likeness (QED) is 0.663. The monoisotopic (exact) mass is 204 g/mol. The van der Waals surface area contributed by atoms with Gasteiger partial charge < -0.3 is 0 Å². The molecule has 0 saturated heterocycles. The Morgan fingerprint density at radius 1 is 0.933 bits per heavy atom. The first-order valence-corrected chi connectivity index (χ1v) is 6.10. The second-order valence-electron chi connectivity index (χ2n) is 5.07. The van der Waals surface area contributed by atoms with Crippen LogP contribution in [-0.4, -0.2) is 0 Å². The topological polar surface area (TPSA) is 0 Å². The van der Waals surface area contributed by atoms with Crippen LogP contribution in [0.1, 0.15) is 68.7 Å². The summed E-state index contributed by atoms with van der Waals surface area (Å²) < 4.78 is 0. The maximum Gasteiger partial charge on any atom is -0.0216 e. The highest BCUT2D eigenvalue weighted by molar-refractivity contribution is 5.40. The first-order chi connectivity index (χ1) is 6.97. The van der Waals surface area contributed by atoms with Gasteiger partial charge in [-0.2, -0.15) is 0 Å². The summed E-state index contributed by atoms with van der Waals surface area (Å²) in [6.07, 6.45) is 1.15. The highest BCUT2D eigenvalue weighted by Crippen LogP contribution is 2.28. The fourth-order valence-corrected chi connectivity index (χ4v) is 2.27. The van der Waals surface area contributed by atoms with Crippen LogP contribution >= 0.6 is 0 Å². The second kappa shape index (κ2) is 4.83. The van der Waals surface area contributed by atoms with Gasteiger partial charge in [0.05, 0.1) is 0 Å². The van der Waals surface area contributed by atoms with Gasteiger partial charge >= 0.3 is 0 Å². The Bertz CT molecular complexity index is 332. The summed E-state index contributed by atoms with van der Waals surface area (Å²) in [6.45, 7) is 13.6. The normalized spacial score (nSPS) is 11.5. The lowest BCUT2D eigenvalue weighted by Crippen LogP contribution is -2.01. The molecule has 84 valence electrons. The summed E-state index contributed by atoms with van der Waals surface area (Å²) in [4.78, 5) is 0. The van der Waals surface area contributed by atoms with Crippen molar-refractivity contribution in [1.29, 1.82) is 0 Å². The van der Waals surface area contributed by atoms with Gasteiger partial charge in [0.2, 0.25) is 0 Å². The van der Waals surface area contributed by atoms with Gasteiger partial charge in [-0.1, -0.05) is 46.8 Å². The van der Waals surface area contributed by atoms with Crippen molar-refractivity contribution in [2.45, 2.75) is 59.8 Å². The summed E-state index contributed by atoms with van der Waals surface area (Å²) in [5.74, 6) is 1.27. The van der Waals surface area contributed by atoms with Gasteiger partial charge in [0.15, 0.2) is 0 Å². The average Bonchev–Trinajstić information content (AvgIpc) is 2.16. The molecule has 0 aliphatic heterocycles. The third kappa shape index (κ3) is 2.62. The molecule has 0 unspecified atom stereocenters. The first-order valence-electron chi connectivity index (χ1n) is 6.10. The maximum absolute atomic E-state index is 2.42. The molecule has 0 radical (unpaired) electrons. The van der Waals surface area contributed by atoms with E-state index in [1.165, 1.54) is 22.3 Å². The fraction of sp³-hybridized carbons (Fsp3) is 0.600. The summed E-state index contributed by atoms with van der Waals surface area (Å²) in [5, 5.41) is 0. The fourth-order valence-electron chi connectivity index (χ4n) is 2.27. The molecule has 0 heteroatoms. The summed E-state index contributed by atoms with van der Waals surface area (Å²) in [7, 11) is 0. The third-order valence-corrected chi connectivity index (χ3v) is 3.15. The Hall–Kier alpha value is -0.780. The van der Waals surface area contributed by atoms with Crippen LogP contribution in [0.5, 0.6) is 0 Å². The zero-order valence-corrected chi connectivity index (χ0v) is 11.0. The number of hydrogen-bond acceptors (Lipinski definition) is 0. The van der Waals surface area contributed by atoms with E-state index >= 15 is 0 Å². The Morgan fingerprint density at radius 3 is 1.87 bits per heavy atom. The Kier molecular flexibility index (Phi) is 3.96. The van der Waals surface area contributed by atoms with Crippen molar-refractivity contribution in [2.75, 3.05) is 0 Å². The Balaban J connectivity index is 3.30. The van der Waals surface area contributed by atoms with Crippen LogP contribution in [0.3, 0.4) is 0 Å². The predicted molar refractivity (Wildman–Crippen MR) is 68.7 cm³/mol. The molecule has 0 bridgehead atoms. The molecule has 0 atom stereocenters. The molecule has 0 aliphatic carbocycles. The SMILES string of the molecule is CCc1cc(C)c(C(C)C)cc1C(C)C. The lowest BCUT2D eigenvalue weighted by molar-refractivity contribution is 0.812. The van der Waals surface area contributed by atoms with Gasteiger partial charge in [0.1, 0.15) is 0 Å². The minimum absolute atomic E-state index is 0.633. The van der Waals surface area contributed by atoms with Crippen LogP contribution in [0.2, 0.25) is 0 Å². The van der Waals surface area contributed by atoms with Crippen LogP contribution in [-0.2, 0) is 6.42 Å². The third-order valence-electron chi connectivity index (χ3n) is 3.15. The zero-order valence-electron chi connectivity index (χ0n) is 11.0. The molecule has 0 fully saturated rings.